The summed E-state index contributed by atoms with van der Waals surface area (Å²) in [5, 5.41) is 2.64. The third-order valence-electron chi connectivity index (χ3n) is 2.96. The fourth-order valence-corrected chi connectivity index (χ4v) is 2.29. The molecule has 0 saturated heterocycles. The highest BCUT2D eigenvalue weighted by Gasteiger charge is 2.09. The van der Waals surface area contributed by atoms with Crippen LogP contribution in [0.15, 0.2) is 59.1 Å². The molecule has 0 saturated carbocycles. The SMILES string of the molecule is O=C(/C=C/c1ccccc1Br)NCc1ccccc1OC(F)F. The van der Waals surface area contributed by atoms with E-state index in [1.54, 1.807) is 24.3 Å². The number of para-hydroxylation sites is 1. The molecule has 0 unspecified atom stereocenters. The predicted molar refractivity (Wildman–Crippen MR) is 88.1 cm³/mol. The standard InChI is InChI=1S/C17H14BrF2NO2/c18-14-7-3-1-5-12(14)9-10-16(22)21-11-13-6-2-4-8-15(13)23-17(19)20/h1-10,17H,11H2,(H,21,22)/b10-9+. The van der Waals surface area contributed by atoms with Gasteiger partial charge in [0.05, 0.1) is 0 Å². The van der Waals surface area contributed by atoms with Gasteiger partial charge < -0.3 is 10.1 Å². The van der Waals surface area contributed by atoms with Crippen LogP contribution in [0.2, 0.25) is 0 Å². The minimum atomic E-state index is -2.90. The molecular weight excluding hydrogens is 368 g/mol. The van der Waals surface area contributed by atoms with Crippen LogP contribution in [0, 0.1) is 0 Å². The zero-order chi connectivity index (χ0) is 16.7. The Balaban J connectivity index is 1.96. The lowest BCUT2D eigenvalue weighted by Gasteiger charge is -2.10. The van der Waals surface area contributed by atoms with Gasteiger partial charge in [0, 0.05) is 22.7 Å². The maximum Gasteiger partial charge on any atom is 0.387 e. The molecule has 0 fully saturated rings. The van der Waals surface area contributed by atoms with Gasteiger partial charge in [-0.2, -0.15) is 8.78 Å². The summed E-state index contributed by atoms with van der Waals surface area (Å²) in [6, 6.07) is 13.8. The summed E-state index contributed by atoms with van der Waals surface area (Å²) in [5.41, 5.74) is 1.35. The van der Waals surface area contributed by atoms with E-state index in [0.717, 1.165) is 10.0 Å². The quantitative estimate of drug-likeness (QED) is 0.754. The second-order valence-electron chi connectivity index (χ2n) is 4.56. The van der Waals surface area contributed by atoms with Gasteiger partial charge in [-0.25, -0.2) is 0 Å². The van der Waals surface area contributed by atoms with Gasteiger partial charge in [-0.15, -0.1) is 0 Å². The molecule has 0 bridgehead atoms. The summed E-state index contributed by atoms with van der Waals surface area (Å²) in [4.78, 5) is 11.8. The molecule has 120 valence electrons. The average Bonchev–Trinajstić information content (AvgIpc) is 2.53. The van der Waals surface area contributed by atoms with Crippen molar-refractivity contribution in [1.29, 1.82) is 0 Å². The number of hydrogen-bond donors (Lipinski definition) is 1. The van der Waals surface area contributed by atoms with Crippen molar-refractivity contribution in [2.45, 2.75) is 13.2 Å². The monoisotopic (exact) mass is 381 g/mol. The highest BCUT2D eigenvalue weighted by atomic mass is 79.9. The van der Waals surface area contributed by atoms with Crippen LogP contribution in [0.5, 0.6) is 5.75 Å². The number of benzene rings is 2. The number of carbonyl (C=O) groups excluding carboxylic acids is 1. The Morgan fingerprint density at radius 2 is 1.87 bits per heavy atom. The predicted octanol–water partition coefficient (Wildman–Crippen LogP) is 4.38. The number of ether oxygens (including phenoxy) is 1. The van der Waals surface area contributed by atoms with E-state index < -0.39 is 6.61 Å². The van der Waals surface area contributed by atoms with Crippen LogP contribution < -0.4 is 10.1 Å². The first-order valence-electron chi connectivity index (χ1n) is 6.79. The first-order valence-corrected chi connectivity index (χ1v) is 7.58. The molecule has 1 N–H and O–H groups in total. The summed E-state index contributed by atoms with van der Waals surface area (Å²) >= 11 is 3.38. The van der Waals surface area contributed by atoms with Gasteiger partial charge >= 0.3 is 6.61 Å². The van der Waals surface area contributed by atoms with E-state index in [-0.39, 0.29) is 18.2 Å². The number of alkyl halides is 2. The normalized spacial score (nSPS) is 11.0. The maximum atomic E-state index is 12.3. The number of rotatable bonds is 6. The van der Waals surface area contributed by atoms with Crippen LogP contribution in [0.25, 0.3) is 6.08 Å². The molecule has 2 aromatic carbocycles. The first-order chi connectivity index (χ1) is 11.1. The number of nitrogens with one attached hydrogen (secondary N) is 1. The minimum absolute atomic E-state index is 0.0533. The lowest BCUT2D eigenvalue weighted by atomic mass is 10.2. The molecule has 0 spiro atoms. The number of hydrogen-bond acceptors (Lipinski definition) is 2. The molecule has 6 heteroatoms. The second kappa shape index (κ2) is 8.43. The summed E-state index contributed by atoms with van der Waals surface area (Å²) in [6.45, 7) is -2.80. The molecular formula is C17H14BrF2NO2. The van der Waals surface area contributed by atoms with Gasteiger partial charge in [0.1, 0.15) is 5.75 Å². The summed E-state index contributed by atoms with van der Waals surface area (Å²) in [7, 11) is 0. The molecule has 3 nitrogen and oxygen atoms in total. The fourth-order valence-electron chi connectivity index (χ4n) is 1.88. The van der Waals surface area contributed by atoms with Crippen molar-refractivity contribution in [3.8, 4) is 5.75 Å². The molecule has 0 heterocycles. The third-order valence-corrected chi connectivity index (χ3v) is 3.68. The van der Waals surface area contributed by atoms with E-state index in [4.69, 9.17) is 0 Å². The molecule has 0 aliphatic heterocycles. The van der Waals surface area contributed by atoms with Crippen molar-refractivity contribution in [1.82, 2.24) is 5.32 Å². The molecule has 0 aliphatic carbocycles. The highest BCUT2D eigenvalue weighted by Crippen LogP contribution is 2.20. The zero-order valence-corrected chi connectivity index (χ0v) is 13.6. The molecule has 2 rings (SSSR count). The Morgan fingerprint density at radius 1 is 1.17 bits per heavy atom. The molecule has 0 radical (unpaired) electrons. The van der Waals surface area contributed by atoms with Crippen molar-refractivity contribution >= 4 is 27.9 Å². The van der Waals surface area contributed by atoms with E-state index in [9.17, 15) is 13.6 Å². The molecule has 2 aromatic rings. The van der Waals surface area contributed by atoms with Crippen LogP contribution in [-0.4, -0.2) is 12.5 Å². The zero-order valence-electron chi connectivity index (χ0n) is 12.0. The summed E-state index contributed by atoms with van der Waals surface area (Å²) in [6.07, 6.45) is 3.05. The van der Waals surface area contributed by atoms with E-state index in [1.165, 1.54) is 12.1 Å². The second-order valence-corrected chi connectivity index (χ2v) is 5.41. The van der Waals surface area contributed by atoms with Gasteiger partial charge in [-0.05, 0) is 23.8 Å². The van der Waals surface area contributed by atoms with Crippen molar-refractivity contribution in [2.24, 2.45) is 0 Å². The summed E-state index contributed by atoms with van der Waals surface area (Å²) in [5.74, 6) is -0.273. The van der Waals surface area contributed by atoms with Gasteiger partial charge in [-0.1, -0.05) is 52.3 Å². The Hall–Kier alpha value is -2.21. The molecule has 23 heavy (non-hydrogen) atoms. The van der Waals surface area contributed by atoms with Gasteiger partial charge in [0.25, 0.3) is 0 Å². The van der Waals surface area contributed by atoms with Crippen LogP contribution in [0.3, 0.4) is 0 Å². The van der Waals surface area contributed by atoms with Gasteiger partial charge in [0.15, 0.2) is 0 Å². The highest BCUT2D eigenvalue weighted by molar-refractivity contribution is 9.10. The Morgan fingerprint density at radius 3 is 2.61 bits per heavy atom. The average molecular weight is 382 g/mol. The van der Waals surface area contributed by atoms with E-state index in [0.29, 0.717) is 5.56 Å². The van der Waals surface area contributed by atoms with E-state index in [1.807, 2.05) is 24.3 Å². The number of halogens is 3. The minimum Gasteiger partial charge on any atom is -0.434 e. The van der Waals surface area contributed by atoms with Crippen molar-refractivity contribution in [3.05, 3.63) is 70.2 Å². The topological polar surface area (TPSA) is 38.3 Å². The van der Waals surface area contributed by atoms with Crippen LogP contribution in [0.4, 0.5) is 8.78 Å². The number of carbonyl (C=O) groups is 1. The Labute approximate surface area is 141 Å². The van der Waals surface area contributed by atoms with Gasteiger partial charge in [0.2, 0.25) is 5.91 Å². The fraction of sp³-hybridized carbons (Fsp3) is 0.118. The van der Waals surface area contributed by atoms with Crippen molar-refractivity contribution in [2.75, 3.05) is 0 Å². The van der Waals surface area contributed by atoms with E-state index in [2.05, 4.69) is 26.0 Å². The lowest BCUT2D eigenvalue weighted by Crippen LogP contribution is -2.21. The lowest BCUT2D eigenvalue weighted by molar-refractivity contribution is -0.116. The molecule has 0 aliphatic rings. The Kier molecular flexibility index (Phi) is 6.29. The Bertz CT molecular complexity index is 704. The smallest absolute Gasteiger partial charge is 0.387 e. The molecule has 1 amide bonds. The molecule has 0 aromatic heterocycles. The van der Waals surface area contributed by atoms with E-state index >= 15 is 0 Å². The first kappa shape index (κ1) is 17.1. The van der Waals surface area contributed by atoms with Crippen molar-refractivity contribution in [3.63, 3.8) is 0 Å². The molecule has 0 atom stereocenters. The van der Waals surface area contributed by atoms with Crippen LogP contribution in [-0.2, 0) is 11.3 Å². The maximum absolute atomic E-state index is 12.3. The van der Waals surface area contributed by atoms with Crippen LogP contribution >= 0.6 is 15.9 Å². The third kappa shape index (κ3) is 5.49. The van der Waals surface area contributed by atoms with Crippen LogP contribution in [0.1, 0.15) is 11.1 Å². The van der Waals surface area contributed by atoms with Crippen molar-refractivity contribution < 1.29 is 18.3 Å². The number of amides is 1. The van der Waals surface area contributed by atoms with Gasteiger partial charge in [-0.3, -0.25) is 4.79 Å². The summed E-state index contributed by atoms with van der Waals surface area (Å²) < 4.78 is 29.9. The largest absolute Gasteiger partial charge is 0.434 e.